The van der Waals surface area contributed by atoms with E-state index in [1.807, 2.05) is 53.7 Å². The third-order valence-electron chi connectivity index (χ3n) is 8.53. The Bertz CT molecular complexity index is 1460. The Morgan fingerprint density at radius 1 is 0.875 bits per heavy atom. The molecule has 4 aromatic rings. The molecule has 1 heterocycles. The molecule has 0 amide bonds. The van der Waals surface area contributed by atoms with Gasteiger partial charge in [-0.25, -0.2) is 4.98 Å². The van der Waals surface area contributed by atoms with Crippen LogP contribution in [-0.4, -0.2) is 20.9 Å². The standard InChI is InChI=1S/C20H15N2.C15H28O2.Ir/c1-13-9-14(2)11-16(10-13)19-18-8-7-15-5-3-4-6-17(15)20(18)22-12-21-19;1-7-14(5,8-2)12(16)11-13(17)15(6,9-3)10-4;/h3-10,12H,1-2H3;11,16H,7-10H2,1-6H3;/q-1;;/b;12-11-;. The van der Waals surface area contributed by atoms with Crippen molar-refractivity contribution in [1.29, 1.82) is 0 Å². The molecule has 0 aliphatic rings. The fourth-order valence-corrected chi connectivity index (χ4v) is 4.72. The van der Waals surface area contributed by atoms with Crippen LogP contribution in [0.4, 0.5) is 0 Å². The number of aliphatic hydroxyl groups is 1. The average Bonchev–Trinajstić information content (AvgIpc) is 2.95. The summed E-state index contributed by atoms with van der Waals surface area (Å²) in [6.45, 7) is 16.2. The molecule has 5 heteroatoms. The molecule has 0 unspecified atom stereocenters. The van der Waals surface area contributed by atoms with E-state index in [0.717, 1.165) is 58.8 Å². The number of benzene rings is 3. The van der Waals surface area contributed by atoms with E-state index in [4.69, 9.17) is 0 Å². The first kappa shape index (κ1) is 33.3. The molecule has 0 fully saturated rings. The summed E-state index contributed by atoms with van der Waals surface area (Å²) >= 11 is 0. The van der Waals surface area contributed by atoms with Crippen LogP contribution in [-0.2, 0) is 24.9 Å². The molecule has 1 N–H and O–H groups in total. The quantitative estimate of drug-likeness (QED) is 0.0855. The van der Waals surface area contributed by atoms with Crippen LogP contribution in [0.25, 0.3) is 32.9 Å². The van der Waals surface area contributed by atoms with Gasteiger partial charge in [0, 0.05) is 42.4 Å². The maximum atomic E-state index is 12.2. The molecule has 0 spiro atoms. The molecule has 0 saturated carbocycles. The number of aromatic nitrogens is 2. The Morgan fingerprint density at radius 3 is 2.10 bits per heavy atom. The Labute approximate surface area is 253 Å². The summed E-state index contributed by atoms with van der Waals surface area (Å²) in [5, 5.41) is 13.6. The topological polar surface area (TPSA) is 63.1 Å². The molecular weight excluding hydrogens is 673 g/mol. The fourth-order valence-electron chi connectivity index (χ4n) is 4.72. The number of hydrogen-bond acceptors (Lipinski definition) is 4. The minimum atomic E-state index is -0.337. The van der Waals surface area contributed by atoms with Crippen molar-refractivity contribution in [3.8, 4) is 11.3 Å². The summed E-state index contributed by atoms with van der Waals surface area (Å²) in [5.41, 5.74) is 4.72. The Balaban J connectivity index is 0.000000285. The number of fused-ring (bicyclic) bond motifs is 3. The molecule has 40 heavy (non-hydrogen) atoms. The second kappa shape index (κ2) is 14.1. The SMILES string of the molecule is CCC(C)(CC)C(=O)/C=C(\O)C(C)(CC)CC.Cc1[c-]c(-c2ncnc3c2ccc2ccccc23)cc(C)c1.[Ir]. The van der Waals surface area contributed by atoms with Gasteiger partial charge < -0.3 is 5.11 Å². The molecule has 1 aromatic heterocycles. The van der Waals surface area contributed by atoms with E-state index in [1.54, 1.807) is 6.33 Å². The predicted octanol–water partition coefficient (Wildman–Crippen LogP) is 9.51. The minimum absolute atomic E-state index is 0. The average molecular weight is 716 g/mol. The van der Waals surface area contributed by atoms with Crippen molar-refractivity contribution < 1.29 is 30.0 Å². The minimum Gasteiger partial charge on any atom is -0.512 e. The molecule has 4 nitrogen and oxygen atoms in total. The van der Waals surface area contributed by atoms with Gasteiger partial charge in [-0.2, -0.15) is 0 Å². The van der Waals surface area contributed by atoms with E-state index >= 15 is 0 Å². The molecule has 1 radical (unpaired) electrons. The maximum absolute atomic E-state index is 12.2. The third kappa shape index (κ3) is 7.25. The molecular formula is C35H43IrN2O2-. The number of aryl methyl sites for hydroxylation is 2. The van der Waals surface area contributed by atoms with Gasteiger partial charge in [0.15, 0.2) is 5.78 Å². The summed E-state index contributed by atoms with van der Waals surface area (Å²) in [7, 11) is 0. The second-order valence-corrected chi connectivity index (χ2v) is 11.1. The first-order valence-corrected chi connectivity index (χ1v) is 14.1. The van der Waals surface area contributed by atoms with E-state index in [1.165, 1.54) is 17.0 Å². The zero-order valence-corrected chi connectivity index (χ0v) is 27.6. The van der Waals surface area contributed by atoms with Crippen LogP contribution in [0.3, 0.4) is 0 Å². The number of aliphatic hydroxyl groups excluding tert-OH is 1. The van der Waals surface area contributed by atoms with E-state index in [9.17, 15) is 9.90 Å². The van der Waals surface area contributed by atoms with E-state index in [-0.39, 0.29) is 42.5 Å². The predicted molar refractivity (Wildman–Crippen MR) is 164 cm³/mol. The Hall–Kier alpha value is -2.88. The van der Waals surface area contributed by atoms with E-state index < -0.39 is 0 Å². The van der Waals surface area contributed by atoms with Crippen LogP contribution in [0.5, 0.6) is 0 Å². The summed E-state index contributed by atoms with van der Waals surface area (Å²) in [5.74, 6) is 0.286. The summed E-state index contributed by atoms with van der Waals surface area (Å²) < 4.78 is 0. The van der Waals surface area contributed by atoms with Crippen molar-refractivity contribution in [1.82, 2.24) is 9.97 Å². The number of rotatable bonds is 8. The Kier molecular flexibility index (Phi) is 11.8. The number of carbonyl (C=O) groups is 1. The van der Waals surface area contributed by atoms with Crippen LogP contribution in [0.1, 0.15) is 78.4 Å². The number of hydrogen-bond donors (Lipinski definition) is 1. The number of ketones is 1. The van der Waals surface area contributed by atoms with Crippen molar-refractivity contribution in [3.63, 3.8) is 0 Å². The molecule has 0 saturated heterocycles. The van der Waals surface area contributed by atoms with Crippen molar-refractivity contribution in [2.75, 3.05) is 0 Å². The molecule has 0 atom stereocenters. The largest absolute Gasteiger partial charge is 0.512 e. The van der Waals surface area contributed by atoms with Crippen LogP contribution in [0, 0.1) is 30.7 Å². The second-order valence-electron chi connectivity index (χ2n) is 11.1. The smallest absolute Gasteiger partial charge is 0.164 e. The van der Waals surface area contributed by atoms with Crippen molar-refractivity contribution in [2.24, 2.45) is 10.8 Å². The Morgan fingerprint density at radius 2 is 1.50 bits per heavy atom. The number of carbonyl (C=O) groups excluding carboxylic acids is 1. The molecule has 3 aromatic carbocycles. The van der Waals surface area contributed by atoms with Gasteiger partial charge in [-0.15, -0.1) is 34.9 Å². The van der Waals surface area contributed by atoms with Gasteiger partial charge in [0.25, 0.3) is 0 Å². The molecule has 0 bridgehead atoms. The first-order valence-electron chi connectivity index (χ1n) is 14.1. The number of allylic oxidation sites excluding steroid dienone is 2. The maximum Gasteiger partial charge on any atom is 0.164 e. The summed E-state index contributed by atoms with van der Waals surface area (Å²) in [6, 6.07) is 20.2. The molecule has 215 valence electrons. The van der Waals surface area contributed by atoms with Gasteiger partial charge >= 0.3 is 0 Å². The fraction of sp³-hybridized carbons (Fsp3) is 0.400. The zero-order chi connectivity index (χ0) is 28.8. The van der Waals surface area contributed by atoms with Gasteiger partial charge in [0.1, 0.15) is 12.1 Å². The molecule has 0 aliphatic carbocycles. The van der Waals surface area contributed by atoms with E-state index in [2.05, 4.69) is 66.3 Å². The van der Waals surface area contributed by atoms with Crippen LogP contribution >= 0.6 is 0 Å². The van der Waals surface area contributed by atoms with Crippen molar-refractivity contribution >= 4 is 27.5 Å². The van der Waals surface area contributed by atoms with Gasteiger partial charge in [-0.1, -0.05) is 91.8 Å². The van der Waals surface area contributed by atoms with Crippen molar-refractivity contribution in [2.45, 2.75) is 81.1 Å². The van der Waals surface area contributed by atoms with Crippen LogP contribution in [0.2, 0.25) is 0 Å². The monoisotopic (exact) mass is 716 g/mol. The van der Waals surface area contributed by atoms with Crippen LogP contribution in [0.15, 0.2) is 66.7 Å². The zero-order valence-electron chi connectivity index (χ0n) is 25.2. The molecule has 0 aliphatic heterocycles. The third-order valence-corrected chi connectivity index (χ3v) is 8.53. The first-order chi connectivity index (χ1) is 18.5. The van der Waals surface area contributed by atoms with Gasteiger partial charge in [-0.05, 0) is 42.1 Å². The van der Waals surface area contributed by atoms with Gasteiger partial charge in [0.05, 0.1) is 5.52 Å². The van der Waals surface area contributed by atoms with Gasteiger partial charge in [0.2, 0.25) is 0 Å². The summed E-state index contributed by atoms with van der Waals surface area (Å²) in [6.07, 6.45) is 6.40. The number of nitrogens with zero attached hydrogens (tertiary/aromatic N) is 2. The summed E-state index contributed by atoms with van der Waals surface area (Å²) in [4.78, 5) is 21.2. The van der Waals surface area contributed by atoms with Crippen LogP contribution < -0.4 is 0 Å². The molecule has 4 rings (SSSR count). The van der Waals surface area contributed by atoms with E-state index in [0.29, 0.717) is 0 Å². The normalized spacial score (nSPS) is 12.1. The van der Waals surface area contributed by atoms with Crippen molar-refractivity contribution in [3.05, 3.63) is 83.9 Å². The van der Waals surface area contributed by atoms with Gasteiger partial charge in [-0.3, -0.25) is 9.78 Å².